The summed E-state index contributed by atoms with van der Waals surface area (Å²) < 4.78 is 34.2. The number of halogens is 2. The number of unbranched alkanes of at least 4 members (excludes halogenated alkanes) is 2. The zero-order valence-electron chi connectivity index (χ0n) is 19.0. The van der Waals surface area contributed by atoms with Gasteiger partial charge in [0.1, 0.15) is 0 Å². The number of benzene rings is 1. The molecule has 0 bridgehead atoms. The van der Waals surface area contributed by atoms with Crippen molar-refractivity contribution in [2.75, 3.05) is 6.61 Å². The van der Waals surface area contributed by atoms with Gasteiger partial charge in [0.25, 0.3) is 0 Å². The summed E-state index contributed by atoms with van der Waals surface area (Å²) in [5, 5.41) is 8.45. The van der Waals surface area contributed by atoms with E-state index in [2.05, 4.69) is 17.1 Å². The van der Waals surface area contributed by atoms with Gasteiger partial charge in [0.2, 0.25) is 5.82 Å². The second kappa shape index (κ2) is 12.1. The average molecular weight is 431 g/mol. The minimum atomic E-state index is -0.964. The van der Waals surface area contributed by atoms with Crippen LogP contribution in [0.25, 0.3) is 11.3 Å². The summed E-state index contributed by atoms with van der Waals surface area (Å²) >= 11 is 0. The van der Waals surface area contributed by atoms with Gasteiger partial charge in [-0.25, -0.2) is 4.39 Å². The van der Waals surface area contributed by atoms with E-state index in [9.17, 15) is 8.78 Å². The zero-order valence-corrected chi connectivity index (χ0v) is 19.0. The summed E-state index contributed by atoms with van der Waals surface area (Å²) in [4.78, 5) is 0. The molecule has 1 aliphatic rings. The highest BCUT2D eigenvalue weighted by Gasteiger charge is 2.21. The quantitative estimate of drug-likeness (QED) is 0.346. The van der Waals surface area contributed by atoms with Gasteiger partial charge in [0.05, 0.1) is 18.0 Å². The zero-order chi connectivity index (χ0) is 22.1. The first-order valence-corrected chi connectivity index (χ1v) is 12.1. The van der Waals surface area contributed by atoms with E-state index in [0.717, 1.165) is 43.2 Å². The third-order valence-corrected chi connectivity index (χ3v) is 6.54. The lowest BCUT2D eigenvalue weighted by Crippen LogP contribution is -2.15. The molecule has 3 nitrogen and oxygen atoms in total. The maximum atomic E-state index is 14.5. The molecule has 1 aromatic heterocycles. The van der Waals surface area contributed by atoms with Gasteiger partial charge in [0.15, 0.2) is 11.6 Å². The maximum Gasteiger partial charge on any atom is 0.201 e. The number of ether oxygens (including phenoxy) is 1. The number of rotatable bonds is 11. The van der Waals surface area contributed by atoms with Crippen LogP contribution in [-0.2, 0) is 6.42 Å². The Morgan fingerprint density at radius 3 is 2.19 bits per heavy atom. The Labute approximate surface area is 185 Å². The van der Waals surface area contributed by atoms with E-state index in [1.807, 2.05) is 13.0 Å². The first kappa shape index (κ1) is 23.6. The fourth-order valence-electron chi connectivity index (χ4n) is 4.46. The number of hydrogen-bond acceptors (Lipinski definition) is 3. The van der Waals surface area contributed by atoms with E-state index in [0.29, 0.717) is 12.3 Å². The molecule has 1 heterocycles. The highest BCUT2D eigenvalue weighted by molar-refractivity contribution is 5.61. The Morgan fingerprint density at radius 2 is 1.55 bits per heavy atom. The van der Waals surface area contributed by atoms with Crippen LogP contribution in [0.2, 0.25) is 0 Å². The van der Waals surface area contributed by atoms with Crippen LogP contribution in [0.1, 0.15) is 83.7 Å². The first-order valence-electron chi connectivity index (χ1n) is 12.1. The van der Waals surface area contributed by atoms with Crippen molar-refractivity contribution in [3.63, 3.8) is 0 Å². The van der Waals surface area contributed by atoms with Crippen LogP contribution < -0.4 is 4.74 Å². The molecule has 1 aromatic carbocycles. The van der Waals surface area contributed by atoms with E-state index >= 15 is 0 Å². The topological polar surface area (TPSA) is 35.0 Å². The van der Waals surface area contributed by atoms with Crippen molar-refractivity contribution in [2.45, 2.75) is 84.5 Å². The fraction of sp³-hybridized carbons (Fsp3) is 0.615. The highest BCUT2D eigenvalue weighted by atomic mass is 19.2. The molecule has 1 fully saturated rings. The minimum absolute atomic E-state index is 0.0521. The summed E-state index contributed by atoms with van der Waals surface area (Å²) in [5.41, 5.74) is 1.37. The normalized spacial score (nSPS) is 18.8. The van der Waals surface area contributed by atoms with Crippen LogP contribution in [0.15, 0.2) is 24.3 Å². The molecular weight excluding hydrogens is 394 g/mol. The van der Waals surface area contributed by atoms with Gasteiger partial charge in [-0.3, -0.25) is 0 Å². The van der Waals surface area contributed by atoms with Crippen LogP contribution in [0.5, 0.6) is 5.75 Å². The molecule has 1 aliphatic carbocycles. The van der Waals surface area contributed by atoms with Crippen LogP contribution >= 0.6 is 0 Å². The second-order valence-corrected chi connectivity index (χ2v) is 8.92. The molecule has 5 heteroatoms. The number of aromatic nitrogens is 2. The van der Waals surface area contributed by atoms with Crippen LogP contribution in [0.3, 0.4) is 0 Å². The number of hydrogen-bond donors (Lipinski definition) is 0. The molecule has 0 spiro atoms. The molecule has 170 valence electrons. The molecule has 1 saturated carbocycles. The molecule has 0 amide bonds. The smallest absolute Gasteiger partial charge is 0.201 e. The summed E-state index contributed by atoms with van der Waals surface area (Å²) in [7, 11) is 0. The van der Waals surface area contributed by atoms with Gasteiger partial charge >= 0.3 is 0 Å². The first-order chi connectivity index (χ1) is 15.1. The van der Waals surface area contributed by atoms with E-state index < -0.39 is 11.6 Å². The third kappa shape index (κ3) is 6.72. The van der Waals surface area contributed by atoms with E-state index in [1.54, 1.807) is 6.07 Å². The Balaban J connectivity index is 1.53. The van der Waals surface area contributed by atoms with E-state index in [4.69, 9.17) is 4.74 Å². The molecule has 31 heavy (non-hydrogen) atoms. The van der Waals surface area contributed by atoms with Crippen molar-refractivity contribution in [3.8, 4) is 17.0 Å². The van der Waals surface area contributed by atoms with Gasteiger partial charge < -0.3 is 4.74 Å². The second-order valence-electron chi connectivity index (χ2n) is 8.92. The van der Waals surface area contributed by atoms with Gasteiger partial charge in [-0.15, -0.1) is 0 Å². The highest BCUT2D eigenvalue weighted by Crippen LogP contribution is 2.34. The van der Waals surface area contributed by atoms with Gasteiger partial charge in [-0.1, -0.05) is 65.2 Å². The lowest BCUT2D eigenvalue weighted by Gasteiger charge is -2.28. The monoisotopic (exact) mass is 430 g/mol. The lowest BCUT2D eigenvalue weighted by molar-refractivity contribution is 0.249. The summed E-state index contributed by atoms with van der Waals surface area (Å²) in [5.74, 6) is -0.256. The SMILES string of the molecule is CCCCOc1ccc(-c2ccc(CCC3CCC(CCCC)CC3)nn2)c(F)c1F. The van der Waals surface area contributed by atoms with E-state index in [1.165, 1.54) is 57.1 Å². The van der Waals surface area contributed by atoms with Crippen molar-refractivity contribution in [2.24, 2.45) is 11.8 Å². The minimum Gasteiger partial charge on any atom is -0.490 e. The molecule has 0 radical (unpaired) electrons. The molecule has 0 N–H and O–H groups in total. The maximum absolute atomic E-state index is 14.5. The van der Waals surface area contributed by atoms with Gasteiger partial charge in [0, 0.05) is 5.56 Å². The summed E-state index contributed by atoms with van der Waals surface area (Å²) in [6.45, 7) is 4.66. The molecule has 0 unspecified atom stereocenters. The van der Waals surface area contributed by atoms with Crippen molar-refractivity contribution >= 4 is 0 Å². The molecule has 0 saturated heterocycles. The van der Waals surface area contributed by atoms with Crippen LogP contribution in [0, 0.1) is 23.5 Å². The largest absolute Gasteiger partial charge is 0.490 e. The van der Waals surface area contributed by atoms with Crippen molar-refractivity contribution < 1.29 is 13.5 Å². The van der Waals surface area contributed by atoms with Crippen molar-refractivity contribution in [3.05, 3.63) is 41.6 Å². The molecule has 0 aliphatic heterocycles. The standard InChI is InChI=1S/C26H36F2N2O/c1-3-5-7-19-8-10-20(11-9-19)12-13-21-14-16-23(30-29-21)22-15-17-24(26(28)25(22)27)31-18-6-4-2/h14-17,19-20H,3-13,18H2,1-2H3. The molecule has 0 atom stereocenters. The van der Waals surface area contributed by atoms with Gasteiger partial charge in [-0.2, -0.15) is 14.6 Å². The number of aryl methyl sites for hydroxylation is 1. The Morgan fingerprint density at radius 1 is 0.839 bits per heavy atom. The van der Waals surface area contributed by atoms with Crippen LogP contribution in [0.4, 0.5) is 8.78 Å². The Kier molecular flexibility index (Phi) is 9.23. The van der Waals surface area contributed by atoms with Crippen molar-refractivity contribution in [1.82, 2.24) is 10.2 Å². The van der Waals surface area contributed by atoms with Gasteiger partial charge in [-0.05, 0) is 55.4 Å². The molecule has 2 aromatic rings. The van der Waals surface area contributed by atoms with E-state index in [-0.39, 0.29) is 11.3 Å². The molecular formula is C26H36F2N2O. The predicted octanol–water partition coefficient (Wildman–Crippen LogP) is 7.53. The van der Waals surface area contributed by atoms with Crippen LogP contribution in [-0.4, -0.2) is 16.8 Å². The van der Waals surface area contributed by atoms with Crippen molar-refractivity contribution in [1.29, 1.82) is 0 Å². The Bertz CT molecular complexity index is 802. The summed E-state index contributed by atoms with van der Waals surface area (Å²) in [6.07, 6.45) is 13.1. The number of nitrogens with zero attached hydrogens (tertiary/aromatic N) is 2. The molecule has 3 rings (SSSR count). The predicted molar refractivity (Wildman–Crippen MR) is 121 cm³/mol. The summed E-state index contributed by atoms with van der Waals surface area (Å²) in [6, 6.07) is 6.61. The third-order valence-electron chi connectivity index (χ3n) is 6.54. The lowest BCUT2D eigenvalue weighted by atomic mass is 9.78. The fourth-order valence-corrected chi connectivity index (χ4v) is 4.46. The Hall–Kier alpha value is -2.04. The average Bonchev–Trinajstić information content (AvgIpc) is 2.80.